The summed E-state index contributed by atoms with van der Waals surface area (Å²) in [4.78, 5) is 44.1. The van der Waals surface area contributed by atoms with Gasteiger partial charge in [0, 0.05) is 25.2 Å². The van der Waals surface area contributed by atoms with Gasteiger partial charge in [0.2, 0.25) is 5.91 Å². The van der Waals surface area contributed by atoms with Crippen LogP contribution in [0, 0.1) is 0 Å². The van der Waals surface area contributed by atoms with E-state index in [0.29, 0.717) is 43.2 Å². The Bertz CT molecular complexity index is 1520. The van der Waals surface area contributed by atoms with Gasteiger partial charge in [0.05, 0.1) is 25.9 Å². The highest BCUT2D eigenvalue weighted by molar-refractivity contribution is 5.94. The van der Waals surface area contributed by atoms with Crippen LogP contribution < -0.4 is 20.3 Å². The molecule has 3 aliphatic rings. The van der Waals surface area contributed by atoms with Crippen LogP contribution in [0.15, 0.2) is 53.3 Å². The normalized spacial score (nSPS) is 20.8. The van der Waals surface area contributed by atoms with Crippen molar-refractivity contribution in [3.8, 4) is 17.2 Å². The highest BCUT2D eigenvalue weighted by Gasteiger charge is 2.34. The lowest BCUT2D eigenvalue weighted by molar-refractivity contribution is -0.124. The summed E-state index contributed by atoms with van der Waals surface area (Å²) in [5.41, 5.74) is 3.69. The lowest BCUT2D eigenvalue weighted by atomic mass is 9.94. The van der Waals surface area contributed by atoms with E-state index in [1.165, 1.54) is 0 Å². The maximum atomic E-state index is 13.6. The van der Waals surface area contributed by atoms with E-state index in [9.17, 15) is 14.4 Å². The second kappa shape index (κ2) is 11.8. The number of piperidine rings is 1. The van der Waals surface area contributed by atoms with Crippen LogP contribution in [0.5, 0.6) is 17.2 Å². The summed E-state index contributed by atoms with van der Waals surface area (Å²) in [6, 6.07) is 14.7. The number of aryl methyl sites for hydroxylation is 3. The number of ether oxygens (including phenoxy) is 3. The minimum absolute atomic E-state index is 0.127. The highest BCUT2D eigenvalue weighted by atomic mass is 16.5. The maximum absolute atomic E-state index is 13.6. The number of benzene rings is 2. The summed E-state index contributed by atoms with van der Waals surface area (Å²) < 4.78 is 18.0. The molecule has 41 heavy (non-hydrogen) atoms. The Hall–Kier alpha value is -4.11. The number of aromatic amines is 1. The molecule has 1 saturated heterocycles. The molecule has 2 N–H and O–H groups in total. The van der Waals surface area contributed by atoms with Crippen molar-refractivity contribution < 1.29 is 23.8 Å². The molecular weight excluding hydrogens is 522 g/mol. The van der Waals surface area contributed by atoms with Gasteiger partial charge in [0.15, 0.2) is 11.5 Å². The molecule has 4 bridgehead atoms. The molecule has 3 heterocycles. The van der Waals surface area contributed by atoms with Gasteiger partial charge in [-0.15, -0.1) is 0 Å². The van der Waals surface area contributed by atoms with E-state index in [1.807, 2.05) is 42.5 Å². The van der Waals surface area contributed by atoms with Gasteiger partial charge in [-0.2, -0.15) is 0 Å². The molecule has 0 saturated carbocycles. The van der Waals surface area contributed by atoms with E-state index >= 15 is 0 Å². The molecule has 2 amide bonds. The third-order valence-corrected chi connectivity index (χ3v) is 8.21. The number of aromatic nitrogens is 1. The second-order valence-electron chi connectivity index (χ2n) is 11.0. The van der Waals surface area contributed by atoms with E-state index in [-0.39, 0.29) is 42.0 Å². The number of hydrogen-bond acceptors (Lipinski definition) is 6. The van der Waals surface area contributed by atoms with Gasteiger partial charge < -0.3 is 29.4 Å². The number of carbonyl (C=O) groups excluding carboxylic acids is 2. The van der Waals surface area contributed by atoms with E-state index in [4.69, 9.17) is 14.2 Å². The molecule has 214 valence electrons. The summed E-state index contributed by atoms with van der Waals surface area (Å²) in [5, 5.41) is 3.13. The molecule has 3 aromatic rings. The molecule has 9 heteroatoms. The zero-order valence-electron chi connectivity index (χ0n) is 23.2. The van der Waals surface area contributed by atoms with Crippen LogP contribution in [0.25, 0.3) is 0 Å². The fraction of sp³-hybridized carbons (Fsp3) is 0.406. The summed E-state index contributed by atoms with van der Waals surface area (Å²) in [6.45, 7) is 1.02. The number of nitrogens with one attached hydrogen (secondary N) is 2. The van der Waals surface area contributed by atoms with Gasteiger partial charge in [0.1, 0.15) is 11.3 Å². The quantitative estimate of drug-likeness (QED) is 0.495. The van der Waals surface area contributed by atoms with E-state index < -0.39 is 6.04 Å². The topological polar surface area (TPSA) is 110 Å². The minimum atomic E-state index is -0.409. The lowest BCUT2D eigenvalue weighted by Gasteiger charge is -2.38. The van der Waals surface area contributed by atoms with Crippen molar-refractivity contribution >= 4 is 11.8 Å². The van der Waals surface area contributed by atoms with E-state index in [0.717, 1.165) is 48.1 Å². The van der Waals surface area contributed by atoms with E-state index in [1.54, 1.807) is 18.1 Å². The first-order valence-electron chi connectivity index (χ1n) is 14.4. The molecule has 0 unspecified atom stereocenters. The first-order chi connectivity index (χ1) is 20.0. The number of amides is 2. The Labute approximate surface area is 238 Å². The third kappa shape index (κ3) is 6.00. The second-order valence-corrected chi connectivity index (χ2v) is 11.0. The SMILES string of the molecule is COc1ccc2cc1Oc1cccc(c1)CO[C@@H]1CCN(C(=O)c3cc4c([nH]c3=O)CCCC4)C[C@@H]1NC(=O)CC2. The molecule has 2 aromatic carbocycles. The summed E-state index contributed by atoms with van der Waals surface area (Å²) in [6.07, 6.45) is 4.82. The number of fused-ring (bicyclic) bond motifs is 6. The van der Waals surface area contributed by atoms with Crippen LogP contribution in [0.3, 0.4) is 0 Å². The number of H-pyrrole nitrogens is 1. The molecule has 1 aromatic heterocycles. The highest BCUT2D eigenvalue weighted by Crippen LogP contribution is 2.33. The first-order valence-corrected chi connectivity index (χ1v) is 14.4. The standard InChI is InChI=1S/C32H35N3O6/c1-39-28-11-9-20-10-12-30(36)33-26-18-35(32(38)24-17-22-6-2-3-8-25(22)34-31(24)37)14-13-27(26)40-19-21-5-4-7-23(15-21)41-29(28)16-20/h4-5,7,9,11,15-17,26-27H,2-3,6,8,10,12-14,18-19H2,1H3,(H,33,36)(H,34,37)/t26-,27+/m0/s1. The van der Waals surface area contributed by atoms with Gasteiger partial charge in [0.25, 0.3) is 11.5 Å². The number of likely N-dealkylation sites (tertiary alicyclic amines) is 1. The van der Waals surface area contributed by atoms with Crippen LogP contribution in [-0.2, 0) is 35.4 Å². The monoisotopic (exact) mass is 557 g/mol. The number of nitrogens with zero attached hydrogens (tertiary/aromatic N) is 1. The molecule has 0 spiro atoms. The van der Waals surface area contributed by atoms with Gasteiger partial charge in [-0.3, -0.25) is 14.4 Å². The first kappa shape index (κ1) is 27.1. The zero-order valence-corrected chi connectivity index (χ0v) is 23.2. The maximum Gasteiger partial charge on any atom is 0.261 e. The fourth-order valence-corrected chi connectivity index (χ4v) is 5.98. The number of carbonyl (C=O) groups is 2. The van der Waals surface area contributed by atoms with Crippen LogP contribution >= 0.6 is 0 Å². The summed E-state index contributed by atoms with van der Waals surface area (Å²) in [7, 11) is 1.60. The average Bonchev–Trinajstić information content (AvgIpc) is 2.99. The number of pyridine rings is 1. The Morgan fingerprint density at radius 3 is 2.76 bits per heavy atom. The predicted molar refractivity (Wildman–Crippen MR) is 153 cm³/mol. The van der Waals surface area contributed by atoms with E-state index in [2.05, 4.69) is 10.3 Å². The Kier molecular flexibility index (Phi) is 7.78. The Morgan fingerprint density at radius 2 is 1.88 bits per heavy atom. The van der Waals surface area contributed by atoms with Gasteiger partial charge >= 0.3 is 0 Å². The van der Waals surface area contributed by atoms with Gasteiger partial charge in [-0.1, -0.05) is 18.2 Å². The lowest BCUT2D eigenvalue weighted by Crippen LogP contribution is -2.57. The molecular formula is C32H35N3O6. The van der Waals surface area contributed by atoms with Crippen LogP contribution in [0.4, 0.5) is 0 Å². The number of rotatable bonds is 2. The summed E-state index contributed by atoms with van der Waals surface area (Å²) in [5.74, 6) is 1.42. The molecule has 1 aliphatic carbocycles. The Morgan fingerprint density at radius 1 is 1.00 bits per heavy atom. The van der Waals surface area contributed by atoms with Gasteiger partial charge in [-0.05, 0) is 85.5 Å². The van der Waals surface area contributed by atoms with Crippen LogP contribution in [0.1, 0.15) is 58.4 Å². The molecule has 6 rings (SSSR count). The third-order valence-electron chi connectivity index (χ3n) is 8.21. The largest absolute Gasteiger partial charge is 0.493 e. The van der Waals surface area contributed by atoms with Crippen molar-refractivity contribution in [3.63, 3.8) is 0 Å². The average molecular weight is 558 g/mol. The number of hydrogen-bond donors (Lipinski definition) is 2. The van der Waals surface area contributed by atoms with Crippen molar-refractivity contribution in [3.05, 3.63) is 86.8 Å². The predicted octanol–water partition coefficient (Wildman–Crippen LogP) is 3.92. The molecule has 1 fully saturated rings. The van der Waals surface area contributed by atoms with Crippen molar-refractivity contribution in [1.82, 2.24) is 15.2 Å². The fourth-order valence-electron chi connectivity index (χ4n) is 5.98. The van der Waals surface area contributed by atoms with Crippen molar-refractivity contribution in [2.24, 2.45) is 0 Å². The Balaban J connectivity index is 1.24. The van der Waals surface area contributed by atoms with Crippen LogP contribution in [0.2, 0.25) is 0 Å². The molecule has 0 radical (unpaired) electrons. The smallest absolute Gasteiger partial charge is 0.261 e. The van der Waals surface area contributed by atoms with Crippen molar-refractivity contribution in [2.75, 3.05) is 20.2 Å². The van der Waals surface area contributed by atoms with Gasteiger partial charge in [-0.25, -0.2) is 0 Å². The molecule has 9 nitrogen and oxygen atoms in total. The zero-order chi connectivity index (χ0) is 28.3. The van der Waals surface area contributed by atoms with Crippen molar-refractivity contribution in [1.29, 1.82) is 0 Å². The molecule has 2 atom stereocenters. The number of methoxy groups -OCH3 is 1. The molecule has 2 aliphatic heterocycles. The minimum Gasteiger partial charge on any atom is -0.493 e. The van der Waals surface area contributed by atoms with Crippen LogP contribution in [-0.4, -0.2) is 54.0 Å². The van der Waals surface area contributed by atoms with Crippen molar-refractivity contribution in [2.45, 2.75) is 63.7 Å². The summed E-state index contributed by atoms with van der Waals surface area (Å²) >= 11 is 0.